The Morgan fingerprint density at radius 1 is 0.943 bits per heavy atom. The molecule has 3 rings (SSSR count). The Hall–Kier alpha value is -3.59. The van der Waals surface area contributed by atoms with E-state index in [9.17, 15) is 14.4 Å². The molecule has 188 valence electrons. The van der Waals surface area contributed by atoms with Crippen LogP contribution in [-0.2, 0) is 30.3 Å². The average molecular weight is 484 g/mol. The van der Waals surface area contributed by atoms with Gasteiger partial charge in [0.15, 0.2) is 0 Å². The van der Waals surface area contributed by atoms with Crippen LogP contribution in [0.25, 0.3) is 0 Å². The number of methoxy groups -OCH3 is 2. The first-order valence-corrected chi connectivity index (χ1v) is 11.5. The van der Waals surface area contributed by atoms with Crippen LogP contribution in [0.3, 0.4) is 0 Å². The van der Waals surface area contributed by atoms with Gasteiger partial charge in [0.25, 0.3) is 0 Å². The summed E-state index contributed by atoms with van der Waals surface area (Å²) < 4.78 is 15.3. The molecule has 1 amide bonds. The molecule has 2 aliphatic heterocycles. The van der Waals surface area contributed by atoms with E-state index in [4.69, 9.17) is 14.2 Å². The minimum absolute atomic E-state index is 0.0764. The second kappa shape index (κ2) is 11.2. The third-order valence-electron chi connectivity index (χ3n) is 5.51. The lowest BCUT2D eigenvalue weighted by atomic mass is 10.1. The van der Waals surface area contributed by atoms with Crippen molar-refractivity contribution in [3.8, 4) is 0 Å². The first-order chi connectivity index (χ1) is 16.6. The number of allylic oxidation sites excluding steroid dienone is 2. The largest absolute Gasteiger partial charge is 0.465 e. The Kier molecular flexibility index (Phi) is 8.34. The topological polar surface area (TPSA) is 88.6 Å². The molecule has 0 atom stereocenters. The van der Waals surface area contributed by atoms with Crippen LogP contribution in [0.5, 0.6) is 0 Å². The Labute approximate surface area is 206 Å². The van der Waals surface area contributed by atoms with E-state index in [-0.39, 0.29) is 17.4 Å². The third-order valence-corrected chi connectivity index (χ3v) is 5.51. The van der Waals surface area contributed by atoms with E-state index in [2.05, 4.69) is 4.90 Å². The molecular formula is C26H33N3O6. The van der Waals surface area contributed by atoms with Gasteiger partial charge in [-0.2, -0.15) is 0 Å². The molecule has 1 aromatic rings. The van der Waals surface area contributed by atoms with Crippen LogP contribution in [-0.4, -0.2) is 73.8 Å². The van der Waals surface area contributed by atoms with Gasteiger partial charge in [0.2, 0.25) is 0 Å². The van der Waals surface area contributed by atoms with Gasteiger partial charge in [-0.15, -0.1) is 0 Å². The smallest absolute Gasteiger partial charge is 0.410 e. The summed E-state index contributed by atoms with van der Waals surface area (Å²) in [6, 6.07) is 7.73. The van der Waals surface area contributed by atoms with Crippen LogP contribution in [0.15, 0.2) is 60.0 Å². The van der Waals surface area contributed by atoms with Crippen molar-refractivity contribution >= 4 is 23.7 Å². The first-order valence-electron chi connectivity index (χ1n) is 11.5. The van der Waals surface area contributed by atoms with Crippen molar-refractivity contribution < 1.29 is 28.6 Å². The number of nitrogens with zero attached hydrogens (tertiary/aromatic N) is 3. The molecule has 2 heterocycles. The molecule has 1 fully saturated rings. The number of piperazine rings is 1. The maximum atomic E-state index is 12.7. The molecule has 0 radical (unpaired) electrons. The molecule has 0 bridgehead atoms. The molecule has 0 spiro atoms. The fourth-order valence-corrected chi connectivity index (χ4v) is 3.84. The van der Waals surface area contributed by atoms with Crippen LogP contribution in [0.4, 0.5) is 10.5 Å². The number of ether oxygens (including phenoxy) is 3. The SMILES string of the molecule is COC(=O)C1=C(C(=O)OC)N(c2cccc(CN3CCN(C(=O)OC(C)(C)C)CC3)c2)C=CC=C1. The summed E-state index contributed by atoms with van der Waals surface area (Å²) in [6.07, 6.45) is 6.36. The predicted molar refractivity (Wildman–Crippen MR) is 131 cm³/mol. The van der Waals surface area contributed by atoms with Crippen LogP contribution in [0.2, 0.25) is 0 Å². The number of hydrogen-bond acceptors (Lipinski definition) is 8. The number of anilines is 1. The maximum absolute atomic E-state index is 12.7. The Bertz CT molecular complexity index is 1050. The molecule has 35 heavy (non-hydrogen) atoms. The van der Waals surface area contributed by atoms with Crippen molar-refractivity contribution in [2.24, 2.45) is 0 Å². The summed E-state index contributed by atoms with van der Waals surface area (Å²) in [7, 11) is 2.54. The normalized spacial score (nSPS) is 16.7. The fraction of sp³-hybridized carbons (Fsp3) is 0.423. The number of hydrogen-bond donors (Lipinski definition) is 0. The summed E-state index contributed by atoms with van der Waals surface area (Å²) in [5.41, 5.74) is 1.40. The van der Waals surface area contributed by atoms with E-state index >= 15 is 0 Å². The average Bonchev–Trinajstić information content (AvgIpc) is 3.06. The fourth-order valence-electron chi connectivity index (χ4n) is 3.84. The number of carbonyl (C=O) groups is 3. The molecule has 2 aliphatic rings. The Morgan fingerprint density at radius 2 is 1.63 bits per heavy atom. The predicted octanol–water partition coefficient (Wildman–Crippen LogP) is 3.23. The second-order valence-electron chi connectivity index (χ2n) is 9.23. The summed E-state index contributed by atoms with van der Waals surface area (Å²) in [4.78, 5) is 43.0. The van der Waals surface area contributed by atoms with Crippen LogP contribution in [0.1, 0.15) is 26.3 Å². The molecule has 1 aromatic carbocycles. The van der Waals surface area contributed by atoms with Gasteiger partial charge >= 0.3 is 18.0 Å². The van der Waals surface area contributed by atoms with Crippen molar-refractivity contribution in [3.05, 3.63) is 65.5 Å². The maximum Gasteiger partial charge on any atom is 0.410 e. The van der Waals surface area contributed by atoms with Gasteiger partial charge in [-0.1, -0.05) is 18.2 Å². The lowest BCUT2D eigenvalue weighted by molar-refractivity contribution is -0.139. The Morgan fingerprint density at radius 3 is 2.26 bits per heavy atom. The van der Waals surface area contributed by atoms with E-state index in [0.717, 1.165) is 18.7 Å². The van der Waals surface area contributed by atoms with Gasteiger partial charge in [-0.3, -0.25) is 4.90 Å². The summed E-state index contributed by atoms with van der Waals surface area (Å²) >= 11 is 0. The minimum atomic E-state index is -0.648. The van der Waals surface area contributed by atoms with Gasteiger partial charge in [0, 0.05) is 44.6 Å². The number of rotatable bonds is 5. The third kappa shape index (κ3) is 6.73. The van der Waals surface area contributed by atoms with Crippen molar-refractivity contribution in [1.82, 2.24) is 9.80 Å². The molecule has 1 saturated heterocycles. The van der Waals surface area contributed by atoms with Crippen molar-refractivity contribution in [3.63, 3.8) is 0 Å². The lowest BCUT2D eigenvalue weighted by Gasteiger charge is -2.35. The van der Waals surface area contributed by atoms with Crippen molar-refractivity contribution in [1.29, 1.82) is 0 Å². The summed E-state index contributed by atoms with van der Waals surface area (Å²) in [5.74, 6) is -1.28. The highest BCUT2D eigenvalue weighted by molar-refractivity contribution is 6.05. The van der Waals surface area contributed by atoms with Crippen LogP contribution >= 0.6 is 0 Å². The monoisotopic (exact) mass is 483 g/mol. The molecule has 0 saturated carbocycles. The molecule has 0 aliphatic carbocycles. The standard InChI is InChI=1S/C26H33N3O6/c1-26(2,3)35-25(32)28-15-13-27(14-16-28)18-19-9-8-10-20(17-19)29-12-7-6-11-21(23(30)33-4)22(29)24(31)34-5/h6-12,17H,13-16,18H2,1-5H3. The van der Waals surface area contributed by atoms with Gasteiger partial charge in [-0.05, 0) is 50.6 Å². The number of benzene rings is 1. The molecule has 9 heteroatoms. The van der Waals surface area contributed by atoms with Gasteiger partial charge in [0.05, 0.1) is 19.8 Å². The Balaban J connectivity index is 1.76. The van der Waals surface area contributed by atoms with E-state index in [1.807, 2.05) is 45.0 Å². The van der Waals surface area contributed by atoms with Gasteiger partial charge in [0.1, 0.15) is 11.3 Å². The van der Waals surface area contributed by atoms with Gasteiger partial charge in [-0.25, -0.2) is 14.4 Å². The van der Waals surface area contributed by atoms with E-state index in [1.165, 1.54) is 20.3 Å². The van der Waals surface area contributed by atoms with Crippen LogP contribution < -0.4 is 4.90 Å². The highest BCUT2D eigenvalue weighted by atomic mass is 16.6. The van der Waals surface area contributed by atoms with Crippen molar-refractivity contribution in [2.45, 2.75) is 32.9 Å². The minimum Gasteiger partial charge on any atom is -0.465 e. The summed E-state index contributed by atoms with van der Waals surface area (Å²) in [6.45, 7) is 8.87. The second-order valence-corrected chi connectivity index (χ2v) is 9.23. The zero-order chi connectivity index (χ0) is 25.6. The van der Waals surface area contributed by atoms with E-state index in [0.29, 0.717) is 25.3 Å². The number of amides is 1. The molecular weight excluding hydrogens is 450 g/mol. The molecule has 0 aromatic heterocycles. The number of esters is 2. The molecule has 0 unspecified atom stereocenters. The zero-order valence-corrected chi connectivity index (χ0v) is 20.9. The van der Waals surface area contributed by atoms with Crippen LogP contribution in [0, 0.1) is 0 Å². The van der Waals surface area contributed by atoms with Gasteiger partial charge < -0.3 is 24.0 Å². The van der Waals surface area contributed by atoms with Crippen molar-refractivity contribution in [2.75, 3.05) is 45.3 Å². The number of carbonyl (C=O) groups excluding carboxylic acids is 3. The highest BCUT2D eigenvalue weighted by Crippen LogP contribution is 2.27. The van der Waals surface area contributed by atoms with E-state index in [1.54, 1.807) is 28.2 Å². The highest BCUT2D eigenvalue weighted by Gasteiger charge is 2.28. The van der Waals surface area contributed by atoms with E-state index < -0.39 is 17.5 Å². The molecule has 0 N–H and O–H groups in total. The zero-order valence-electron chi connectivity index (χ0n) is 20.9. The summed E-state index contributed by atoms with van der Waals surface area (Å²) in [5, 5.41) is 0. The molecule has 9 nitrogen and oxygen atoms in total. The lowest BCUT2D eigenvalue weighted by Crippen LogP contribution is -2.49. The quantitative estimate of drug-likeness (QED) is 0.466. The first kappa shape index (κ1) is 26.0.